The normalized spacial score (nSPS) is 10.6. The van der Waals surface area contributed by atoms with Gasteiger partial charge >= 0.3 is 0 Å². The van der Waals surface area contributed by atoms with Gasteiger partial charge in [-0.3, -0.25) is 0 Å². The van der Waals surface area contributed by atoms with Crippen LogP contribution in [0.15, 0.2) is 29.4 Å². The molecule has 0 bridgehead atoms. The lowest BCUT2D eigenvalue weighted by Crippen LogP contribution is -2.31. The van der Waals surface area contributed by atoms with Crippen molar-refractivity contribution in [1.82, 2.24) is 0 Å². The van der Waals surface area contributed by atoms with E-state index in [1.54, 1.807) is 38.1 Å². The number of nitrogens with zero attached hydrogens (tertiary/aromatic N) is 3. The van der Waals surface area contributed by atoms with Crippen LogP contribution in [0.1, 0.15) is 19.4 Å². The Balaban J connectivity index is 2.63. The van der Waals surface area contributed by atoms with E-state index in [9.17, 15) is 5.11 Å². The zero-order chi connectivity index (χ0) is 13.6. The van der Waals surface area contributed by atoms with E-state index < -0.39 is 5.60 Å². The van der Waals surface area contributed by atoms with Gasteiger partial charge in [0.1, 0.15) is 11.4 Å². The van der Waals surface area contributed by atoms with Crippen molar-refractivity contribution in [3.8, 4) is 5.75 Å². The van der Waals surface area contributed by atoms with Crippen LogP contribution >= 0.6 is 0 Å². The van der Waals surface area contributed by atoms with Crippen LogP contribution < -0.4 is 4.74 Å². The largest absolute Gasteiger partial charge is 0.493 e. The molecule has 1 aromatic rings. The van der Waals surface area contributed by atoms with E-state index in [1.807, 2.05) is 0 Å². The zero-order valence-electron chi connectivity index (χ0n) is 10.4. The molecular weight excluding hydrogens is 232 g/mol. The van der Waals surface area contributed by atoms with Crippen LogP contribution in [-0.2, 0) is 0 Å². The minimum absolute atomic E-state index is 0.156. The van der Waals surface area contributed by atoms with E-state index in [2.05, 4.69) is 10.0 Å². The summed E-state index contributed by atoms with van der Waals surface area (Å²) in [7, 11) is 0. The second-order valence-electron chi connectivity index (χ2n) is 4.26. The monoisotopic (exact) mass is 248 g/mol. The molecule has 0 radical (unpaired) electrons. The molecule has 96 valence electrons. The summed E-state index contributed by atoms with van der Waals surface area (Å²) in [6, 6.07) is 6.85. The van der Waals surface area contributed by atoms with Crippen LogP contribution in [0.2, 0.25) is 0 Å². The second-order valence-corrected chi connectivity index (χ2v) is 4.26. The Hall–Kier alpha value is -2.04. The molecule has 0 unspecified atom stereocenters. The number of ether oxygens (including phenoxy) is 1. The van der Waals surface area contributed by atoms with Crippen LogP contribution in [-0.4, -0.2) is 29.6 Å². The van der Waals surface area contributed by atoms with Gasteiger partial charge in [0.15, 0.2) is 0 Å². The average molecular weight is 248 g/mol. The van der Waals surface area contributed by atoms with Gasteiger partial charge in [-0.05, 0) is 49.2 Å². The molecule has 18 heavy (non-hydrogen) atoms. The van der Waals surface area contributed by atoms with Crippen molar-refractivity contribution in [2.24, 2.45) is 5.11 Å². The Morgan fingerprint density at radius 2 is 2.06 bits per heavy atom. The summed E-state index contributed by atoms with van der Waals surface area (Å²) >= 11 is 0. The summed E-state index contributed by atoms with van der Waals surface area (Å²) in [6.07, 6.45) is 0. The van der Waals surface area contributed by atoms with Gasteiger partial charge in [0.2, 0.25) is 0 Å². The van der Waals surface area contributed by atoms with E-state index in [-0.39, 0.29) is 12.3 Å². The summed E-state index contributed by atoms with van der Waals surface area (Å²) in [4.78, 5) is 2.62. The molecule has 0 saturated carbocycles. The number of aliphatic hydroxyl groups is 1. The van der Waals surface area contributed by atoms with Crippen molar-refractivity contribution in [3.63, 3.8) is 0 Å². The summed E-state index contributed by atoms with van der Waals surface area (Å²) in [5.41, 5.74) is 7.73. The average Bonchev–Trinajstić information content (AvgIpc) is 2.33. The third kappa shape index (κ3) is 4.08. The molecule has 6 heteroatoms. The van der Waals surface area contributed by atoms with Crippen molar-refractivity contribution in [2.45, 2.75) is 19.4 Å². The van der Waals surface area contributed by atoms with Gasteiger partial charge in [0, 0.05) is 4.91 Å². The van der Waals surface area contributed by atoms with Gasteiger partial charge in [-0.15, -0.1) is 0 Å². The highest BCUT2D eigenvalue weighted by molar-refractivity contribution is 6.03. The Morgan fingerprint density at radius 1 is 1.44 bits per heavy atom. The molecule has 0 saturated heterocycles. The Kier molecular flexibility index (Phi) is 4.71. The van der Waals surface area contributed by atoms with E-state index in [0.717, 1.165) is 0 Å². The van der Waals surface area contributed by atoms with Gasteiger partial charge in [0.05, 0.1) is 18.9 Å². The highest BCUT2D eigenvalue weighted by Gasteiger charge is 2.20. The minimum atomic E-state index is -1.16. The fraction of sp³-hybridized carbons (Fsp3) is 0.417. The van der Waals surface area contributed by atoms with Crippen molar-refractivity contribution in [1.29, 1.82) is 5.41 Å². The number of hydrogen-bond acceptors (Lipinski definition) is 4. The summed E-state index contributed by atoms with van der Waals surface area (Å²) in [5, 5.41) is 20.9. The molecule has 0 fully saturated rings. The third-order valence-electron chi connectivity index (χ3n) is 2.28. The summed E-state index contributed by atoms with van der Waals surface area (Å²) in [6.45, 7) is 3.73. The van der Waals surface area contributed by atoms with Gasteiger partial charge < -0.3 is 15.3 Å². The van der Waals surface area contributed by atoms with Crippen molar-refractivity contribution >= 4 is 5.71 Å². The summed E-state index contributed by atoms with van der Waals surface area (Å²) < 4.78 is 5.33. The zero-order valence-corrected chi connectivity index (χ0v) is 10.4. The maximum atomic E-state index is 9.71. The summed E-state index contributed by atoms with van der Waals surface area (Å²) in [5.74, 6) is 0.635. The van der Waals surface area contributed by atoms with Crippen LogP contribution in [0.5, 0.6) is 5.75 Å². The molecule has 0 heterocycles. The number of nitrogens with one attached hydrogen (secondary N) is 1. The van der Waals surface area contributed by atoms with Gasteiger partial charge in [-0.25, -0.2) is 0 Å². The first-order valence-electron chi connectivity index (χ1n) is 5.50. The number of benzene rings is 1. The molecule has 2 N–H and O–H groups in total. The maximum absolute atomic E-state index is 9.71. The SMILES string of the molecule is CC(C)(O)C(=N)c1ccc(OCCN=[N+]=[N-])cc1. The molecule has 0 aliphatic heterocycles. The molecule has 1 rings (SSSR count). The molecule has 6 nitrogen and oxygen atoms in total. The first-order valence-corrected chi connectivity index (χ1v) is 5.50. The van der Waals surface area contributed by atoms with Crippen molar-refractivity contribution in [3.05, 3.63) is 40.3 Å². The first kappa shape index (κ1) is 14.0. The second kappa shape index (κ2) is 6.05. The van der Waals surface area contributed by atoms with Gasteiger partial charge in [0.25, 0.3) is 0 Å². The topological polar surface area (TPSA) is 102 Å². The molecule has 0 aliphatic carbocycles. The number of azide groups is 1. The predicted molar refractivity (Wildman–Crippen MR) is 69.1 cm³/mol. The van der Waals surface area contributed by atoms with E-state index in [1.165, 1.54) is 0 Å². The van der Waals surface area contributed by atoms with Crippen LogP contribution in [0.4, 0.5) is 0 Å². The van der Waals surface area contributed by atoms with E-state index in [0.29, 0.717) is 17.9 Å². The van der Waals surface area contributed by atoms with E-state index in [4.69, 9.17) is 15.7 Å². The predicted octanol–water partition coefficient (Wildman–Crippen LogP) is 2.51. The van der Waals surface area contributed by atoms with Crippen molar-refractivity contribution in [2.75, 3.05) is 13.2 Å². The fourth-order valence-electron chi connectivity index (χ4n) is 1.32. The Morgan fingerprint density at radius 3 is 2.56 bits per heavy atom. The van der Waals surface area contributed by atoms with E-state index >= 15 is 0 Å². The van der Waals surface area contributed by atoms with Crippen LogP contribution in [0.3, 0.4) is 0 Å². The Bertz CT molecular complexity index is 456. The fourth-order valence-corrected chi connectivity index (χ4v) is 1.32. The first-order chi connectivity index (χ1) is 8.45. The van der Waals surface area contributed by atoms with Crippen LogP contribution in [0, 0.1) is 5.41 Å². The molecule has 0 amide bonds. The third-order valence-corrected chi connectivity index (χ3v) is 2.28. The molecular formula is C12H16N4O2. The molecule has 0 aromatic heterocycles. The standard InChI is InChI=1S/C12H16N4O2/c1-12(2,17)11(13)9-3-5-10(6-4-9)18-8-7-15-16-14/h3-6,13,17H,7-8H2,1-2H3. The molecule has 1 aromatic carbocycles. The highest BCUT2D eigenvalue weighted by atomic mass is 16.5. The lowest BCUT2D eigenvalue weighted by molar-refractivity contribution is 0.153. The minimum Gasteiger partial charge on any atom is -0.493 e. The molecule has 0 aliphatic rings. The van der Waals surface area contributed by atoms with Crippen molar-refractivity contribution < 1.29 is 9.84 Å². The smallest absolute Gasteiger partial charge is 0.119 e. The van der Waals surface area contributed by atoms with Gasteiger partial charge in [-0.2, -0.15) is 0 Å². The Labute approximate surface area is 105 Å². The van der Waals surface area contributed by atoms with Crippen LogP contribution in [0.25, 0.3) is 10.4 Å². The number of rotatable bonds is 6. The van der Waals surface area contributed by atoms with Gasteiger partial charge in [-0.1, -0.05) is 5.11 Å². The maximum Gasteiger partial charge on any atom is 0.119 e. The quantitative estimate of drug-likeness (QED) is 0.265. The lowest BCUT2D eigenvalue weighted by Gasteiger charge is -2.18. The highest BCUT2D eigenvalue weighted by Crippen LogP contribution is 2.16. The number of hydrogen-bond donors (Lipinski definition) is 2. The lowest BCUT2D eigenvalue weighted by atomic mass is 9.96. The molecule has 0 spiro atoms. The molecule has 0 atom stereocenters.